The van der Waals surface area contributed by atoms with Crippen LogP contribution in [0.25, 0.3) is 0 Å². The van der Waals surface area contributed by atoms with E-state index in [2.05, 4.69) is 20.8 Å². The monoisotopic (exact) mass is 348 g/mol. The van der Waals surface area contributed by atoms with E-state index in [0.717, 1.165) is 5.56 Å². The lowest BCUT2D eigenvalue weighted by Gasteiger charge is -2.07. The molecule has 1 aromatic carbocycles. The molecule has 0 fully saturated rings. The highest BCUT2D eigenvalue weighted by Gasteiger charge is 2.10. The zero-order valence-electron chi connectivity index (χ0n) is 14.0. The van der Waals surface area contributed by atoms with Gasteiger partial charge < -0.3 is 9.73 Å². The van der Waals surface area contributed by atoms with Gasteiger partial charge in [-0.15, -0.1) is 0 Å². The summed E-state index contributed by atoms with van der Waals surface area (Å²) in [6, 6.07) is 15.4. The van der Waals surface area contributed by atoms with Crippen molar-refractivity contribution in [3.05, 3.63) is 84.1 Å². The number of pyridine rings is 1. The fourth-order valence-corrected chi connectivity index (χ4v) is 2.18. The van der Waals surface area contributed by atoms with E-state index in [0.29, 0.717) is 11.4 Å². The van der Waals surface area contributed by atoms with Gasteiger partial charge in [-0.05, 0) is 48.9 Å². The van der Waals surface area contributed by atoms with Gasteiger partial charge in [0.25, 0.3) is 11.8 Å². The number of anilines is 1. The quantitative estimate of drug-likeness (QED) is 0.547. The number of hydrazone groups is 1. The van der Waals surface area contributed by atoms with Gasteiger partial charge in [0.05, 0.1) is 12.0 Å². The van der Waals surface area contributed by atoms with Crippen molar-refractivity contribution in [3.8, 4) is 0 Å². The van der Waals surface area contributed by atoms with Crippen LogP contribution in [0.2, 0.25) is 0 Å². The van der Waals surface area contributed by atoms with Crippen molar-refractivity contribution in [3.63, 3.8) is 0 Å². The molecule has 0 aliphatic rings. The van der Waals surface area contributed by atoms with Crippen molar-refractivity contribution in [2.75, 3.05) is 5.32 Å². The van der Waals surface area contributed by atoms with Crippen LogP contribution in [-0.4, -0.2) is 22.5 Å². The van der Waals surface area contributed by atoms with Crippen LogP contribution in [0, 0.1) is 0 Å². The van der Waals surface area contributed by atoms with Crippen LogP contribution in [0.3, 0.4) is 0 Å². The Balaban J connectivity index is 1.68. The number of hydrogen-bond acceptors (Lipinski definition) is 5. The predicted molar refractivity (Wildman–Crippen MR) is 97.0 cm³/mol. The zero-order chi connectivity index (χ0) is 18.4. The second kappa shape index (κ2) is 7.89. The van der Waals surface area contributed by atoms with Crippen molar-refractivity contribution >= 4 is 23.2 Å². The Morgan fingerprint density at radius 2 is 1.92 bits per heavy atom. The first-order valence-corrected chi connectivity index (χ1v) is 7.84. The highest BCUT2D eigenvalue weighted by Crippen LogP contribution is 2.13. The van der Waals surface area contributed by atoms with Gasteiger partial charge in [-0.1, -0.05) is 18.2 Å². The summed E-state index contributed by atoms with van der Waals surface area (Å²) < 4.78 is 5.06. The molecule has 130 valence electrons. The molecular weight excluding hydrogens is 332 g/mol. The van der Waals surface area contributed by atoms with E-state index in [9.17, 15) is 9.59 Å². The van der Waals surface area contributed by atoms with Gasteiger partial charge in [-0.25, -0.2) is 5.43 Å². The second-order valence-electron chi connectivity index (χ2n) is 5.37. The summed E-state index contributed by atoms with van der Waals surface area (Å²) in [5.41, 5.74) is 4.68. The molecular formula is C19H16N4O3. The van der Waals surface area contributed by atoms with E-state index in [1.165, 1.54) is 12.5 Å². The number of hydrogen-bond donors (Lipinski definition) is 2. The summed E-state index contributed by atoms with van der Waals surface area (Å²) >= 11 is 0. The number of carbonyl (C=O) groups is 2. The Morgan fingerprint density at radius 1 is 1.04 bits per heavy atom. The van der Waals surface area contributed by atoms with Crippen LogP contribution in [0.15, 0.2) is 76.6 Å². The molecule has 2 N–H and O–H groups in total. The number of carbonyl (C=O) groups excluding carboxylic acids is 2. The Bertz CT molecular complexity index is 934. The van der Waals surface area contributed by atoms with E-state index in [1.54, 1.807) is 55.5 Å². The summed E-state index contributed by atoms with van der Waals surface area (Å²) in [6.07, 6.45) is 2.98. The van der Waals surface area contributed by atoms with Crippen molar-refractivity contribution in [2.24, 2.45) is 5.10 Å². The molecule has 0 radical (unpaired) electrons. The minimum absolute atomic E-state index is 0.225. The molecule has 3 aromatic rings. The van der Waals surface area contributed by atoms with Gasteiger partial charge in [0.15, 0.2) is 5.76 Å². The maximum atomic E-state index is 12.0. The molecule has 2 heterocycles. The molecule has 0 saturated heterocycles. The number of nitrogens with one attached hydrogen (secondary N) is 2. The Hall–Kier alpha value is -3.74. The maximum absolute atomic E-state index is 12.0. The van der Waals surface area contributed by atoms with E-state index in [4.69, 9.17) is 4.42 Å². The van der Waals surface area contributed by atoms with Gasteiger partial charge in [0.2, 0.25) is 0 Å². The van der Waals surface area contributed by atoms with E-state index in [-0.39, 0.29) is 17.4 Å². The molecule has 0 spiro atoms. The molecule has 0 bridgehead atoms. The fraction of sp³-hybridized carbons (Fsp3) is 0.0526. The van der Waals surface area contributed by atoms with E-state index in [1.807, 2.05) is 6.07 Å². The van der Waals surface area contributed by atoms with Crippen LogP contribution in [0.1, 0.15) is 33.5 Å². The van der Waals surface area contributed by atoms with Crippen molar-refractivity contribution < 1.29 is 14.0 Å². The number of benzene rings is 1. The van der Waals surface area contributed by atoms with Gasteiger partial charge >= 0.3 is 0 Å². The lowest BCUT2D eigenvalue weighted by Crippen LogP contribution is -2.20. The number of nitrogens with zero attached hydrogens (tertiary/aromatic N) is 2. The number of amides is 2. The summed E-state index contributed by atoms with van der Waals surface area (Å²) in [5.74, 6) is -0.513. The summed E-state index contributed by atoms with van der Waals surface area (Å²) in [5, 5.41) is 6.83. The largest absolute Gasteiger partial charge is 0.459 e. The van der Waals surface area contributed by atoms with Crippen molar-refractivity contribution in [1.29, 1.82) is 0 Å². The zero-order valence-corrected chi connectivity index (χ0v) is 14.0. The molecule has 0 saturated carbocycles. The number of rotatable bonds is 5. The average molecular weight is 348 g/mol. The Labute approximate surface area is 149 Å². The maximum Gasteiger partial charge on any atom is 0.291 e. The van der Waals surface area contributed by atoms with Crippen LogP contribution in [0.5, 0.6) is 0 Å². The highest BCUT2D eigenvalue weighted by atomic mass is 16.3. The highest BCUT2D eigenvalue weighted by molar-refractivity contribution is 6.04. The van der Waals surface area contributed by atoms with E-state index < -0.39 is 5.91 Å². The number of furan rings is 1. The van der Waals surface area contributed by atoms with Crippen LogP contribution in [0.4, 0.5) is 5.69 Å². The van der Waals surface area contributed by atoms with Gasteiger partial charge in [0.1, 0.15) is 5.69 Å². The summed E-state index contributed by atoms with van der Waals surface area (Å²) in [7, 11) is 0. The SMILES string of the molecule is C/C(=N/NC(=O)c1ccccn1)c1cccc(NC(=O)c2ccco2)c1. The van der Waals surface area contributed by atoms with Crippen LogP contribution < -0.4 is 10.7 Å². The van der Waals surface area contributed by atoms with Crippen molar-refractivity contribution in [1.82, 2.24) is 10.4 Å². The predicted octanol–water partition coefficient (Wildman–Crippen LogP) is 3.08. The lowest BCUT2D eigenvalue weighted by molar-refractivity contribution is 0.0948. The minimum Gasteiger partial charge on any atom is -0.459 e. The first kappa shape index (κ1) is 17.1. The van der Waals surface area contributed by atoms with Gasteiger partial charge in [-0.2, -0.15) is 5.10 Å². The fourth-order valence-electron chi connectivity index (χ4n) is 2.18. The van der Waals surface area contributed by atoms with Crippen LogP contribution in [-0.2, 0) is 0 Å². The summed E-state index contributed by atoms with van der Waals surface area (Å²) in [6.45, 7) is 1.76. The summed E-state index contributed by atoms with van der Waals surface area (Å²) in [4.78, 5) is 28.0. The lowest BCUT2D eigenvalue weighted by atomic mass is 10.1. The molecule has 0 aliphatic carbocycles. The first-order valence-electron chi connectivity index (χ1n) is 7.84. The molecule has 3 rings (SSSR count). The van der Waals surface area contributed by atoms with Gasteiger partial charge in [-0.3, -0.25) is 14.6 Å². The van der Waals surface area contributed by atoms with Crippen molar-refractivity contribution in [2.45, 2.75) is 6.92 Å². The molecule has 2 aromatic heterocycles. The Morgan fingerprint density at radius 3 is 2.65 bits per heavy atom. The van der Waals surface area contributed by atoms with Gasteiger partial charge in [0, 0.05) is 11.9 Å². The molecule has 7 nitrogen and oxygen atoms in total. The smallest absolute Gasteiger partial charge is 0.291 e. The molecule has 0 unspecified atom stereocenters. The molecule has 7 heteroatoms. The topological polar surface area (TPSA) is 96.6 Å². The molecule has 26 heavy (non-hydrogen) atoms. The molecule has 0 aliphatic heterocycles. The average Bonchev–Trinajstić information content (AvgIpc) is 3.22. The molecule has 0 atom stereocenters. The second-order valence-corrected chi connectivity index (χ2v) is 5.37. The third-order valence-electron chi connectivity index (χ3n) is 3.51. The van der Waals surface area contributed by atoms with Crippen LogP contribution >= 0.6 is 0 Å². The first-order chi connectivity index (χ1) is 12.6. The number of aromatic nitrogens is 1. The van der Waals surface area contributed by atoms with E-state index >= 15 is 0 Å². The third-order valence-corrected chi connectivity index (χ3v) is 3.51. The normalized spacial score (nSPS) is 11.0. The minimum atomic E-state index is -0.396. The standard InChI is InChI=1S/C19H16N4O3/c1-13(22-23-18(24)16-8-2-3-10-20-16)14-6-4-7-15(12-14)21-19(25)17-9-5-11-26-17/h2-12H,1H3,(H,21,25)(H,23,24)/b22-13-. The molecule has 2 amide bonds. The Kier molecular flexibility index (Phi) is 5.19. The third kappa shape index (κ3) is 4.21.